The quantitative estimate of drug-likeness (QED) is 0.901. The van der Waals surface area contributed by atoms with Crippen molar-refractivity contribution < 1.29 is 4.79 Å². The van der Waals surface area contributed by atoms with Crippen molar-refractivity contribution in [3.05, 3.63) is 71.3 Å². The lowest BCUT2D eigenvalue weighted by molar-refractivity contribution is -0.124. The first-order valence-electron chi connectivity index (χ1n) is 8.88. The van der Waals surface area contributed by atoms with Crippen molar-refractivity contribution in [1.82, 2.24) is 5.32 Å². The Bertz CT molecular complexity index is 851. The van der Waals surface area contributed by atoms with Gasteiger partial charge in [-0.25, -0.2) is 0 Å². The molecule has 25 heavy (non-hydrogen) atoms. The summed E-state index contributed by atoms with van der Waals surface area (Å²) in [5.41, 5.74) is 4.15. The van der Waals surface area contributed by atoms with E-state index in [1.165, 1.54) is 16.8 Å². The normalized spacial score (nSPS) is 24.1. The highest BCUT2D eigenvalue weighted by Crippen LogP contribution is 2.52. The molecule has 3 nitrogen and oxygen atoms in total. The van der Waals surface area contributed by atoms with Crippen LogP contribution in [-0.4, -0.2) is 18.1 Å². The Labute approximate surface area is 149 Å². The molecule has 0 saturated carbocycles. The third-order valence-electron chi connectivity index (χ3n) is 5.73. The number of aryl methyl sites for hydroxylation is 1. The highest BCUT2D eigenvalue weighted by molar-refractivity contribution is 5.84. The van der Waals surface area contributed by atoms with Crippen molar-refractivity contribution in [2.24, 2.45) is 0 Å². The van der Waals surface area contributed by atoms with Gasteiger partial charge < -0.3 is 10.2 Å². The van der Waals surface area contributed by atoms with Gasteiger partial charge in [0.15, 0.2) is 0 Å². The Morgan fingerprint density at radius 1 is 1.08 bits per heavy atom. The zero-order chi connectivity index (χ0) is 17.7. The van der Waals surface area contributed by atoms with E-state index in [1.54, 1.807) is 0 Å². The Hall–Kier alpha value is -2.55. The SMILES string of the molecule is Cc1ccc(/C=C/[C@@]23NC(=O)CCN2c2ccccc2C3(C)C)cc1. The monoisotopic (exact) mass is 332 g/mol. The average molecular weight is 332 g/mol. The third kappa shape index (κ3) is 2.30. The maximum absolute atomic E-state index is 12.3. The summed E-state index contributed by atoms with van der Waals surface area (Å²) >= 11 is 0. The lowest BCUT2D eigenvalue weighted by atomic mass is 9.74. The van der Waals surface area contributed by atoms with E-state index in [-0.39, 0.29) is 11.3 Å². The molecule has 0 radical (unpaired) electrons. The second-order valence-corrected chi connectivity index (χ2v) is 7.60. The van der Waals surface area contributed by atoms with Crippen LogP contribution in [-0.2, 0) is 10.2 Å². The molecule has 0 bridgehead atoms. The molecule has 2 heterocycles. The van der Waals surface area contributed by atoms with Gasteiger partial charge in [0.1, 0.15) is 5.66 Å². The van der Waals surface area contributed by atoms with E-state index < -0.39 is 5.66 Å². The van der Waals surface area contributed by atoms with Crippen molar-refractivity contribution in [2.75, 3.05) is 11.4 Å². The number of para-hydroxylation sites is 1. The molecule has 1 N–H and O–H groups in total. The standard InChI is InChI=1S/C22H24N2O/c1-16-8-10-17(11-9-16)12-14-22-21(2,3)18-6-4-5-7-19(18)24(22)15-13-20(25)23-22/h4-12,14H,13,15H2,1-3H3,(H,23,25)/b14-12+/t22-/m1/s1. The van der Waals surface area contributed by atoms with Crippen LogP contribution in [0, 0.1) is 6.92 Å². The molecular weight excluding hydrogens is 308 g/mol. The van der Waals surface area contributed by atoms with Gasteiger partial charge in [-0.3, -0.25) is 4.79 Å². The smallest absolute Gasteiger partial charge is 0.223 e. The lowest BCUT2D eigenvalue weighted by Crippen LogP contribution is -2.68. The number of anilines is 1. The van der Waals surface area contributed by atoms with Crippen molar-refractivity contribution >= 4 is 17.7 Å². The average Bonchev–Trinajstić information content (AvgIpc) is 2.79. The second-order valence-electron chi connectivity index (χ2n) is 7.60. The van der Waals surface area contributed by atoms with Gasteiger partial charge in [0.05, 0.1) is 0 Å². The first-order chi connectivity index (χ1) is 11.9. The number of carbonyl (C=O) groups excluding carboxylic acids is 1. The van der Waals surface area contributed by atoms with Crippen LogP contribution < -0.4 is 10.2 Å². The van der Waals surface area contributed by atoms with Crippen LogP contribution >= 0.6 is 0 Å². The summed E-state index contributed by atoms with van der Waals surface area (Å²) in [7, 11) is 0. The molecule has 1 saturated heterocycles. The molecule has 1 amide bonds. The molecule has 0 spiro atoms. The molecule has 2 aliphatic heterocycles. The summed E-state index contributed by atoms with van der Waals surface area (Å²) < 4.78 is 0. The lowest BCUT2D eigenvalue weighted by Gasteiger charge is -2.49. The number of hydrogen-bond donors (Lipinski definition) is 1. The highest BCUT2D eigenvalue weighted by atomic mass is 16.2. The van der Waals surface area contributed by atoms with Crippen molar-refractivity contribution in [3.63, 3.8) is 0 Å². The van der Waals surface area contributed by atoms with Crippen molar-refractivity contribution in [2.45, 2.75) is 38.3 Å². The van der Waals surface area contributed by atoms with Crippen LogP contribution in [0.5, 0.6) is 0 Å². The van der Waals surface area contributed by atoms with Gasteiger partial charge in [0, 0.05) is 24.1 Å². The van der Waals surface area contributed by atoms with Crippen LogP contribution in [0.25, 0.3) is 6.08 Å². The summed E-state index contributed by atoms with van der Waals surface area (Å²) in [6, 6.07) is 17.0. The summed E-state index contributed by atoms with van der Waals surface area (Å²) in [6.45, 7) is 7.27. The van der Waals surface area contributed by atoms with Crippen molar-refractivity contribution in [3.8, 4) is 0 Å². The molecule has 2 aromatic carbocycles. The maximum Gasteiger partial charge on any atom is 0.223 e. The molecule has 1 fully saturated rings. The Morgan fingerprint density at radius 2 is 1.80 bits per heavy atom. The van der Waals surface area contributed by atoms with E-state index >= 15 is 0 Å². The topological polar surface area (TPSA) is 32.3 Å². The van der Waals surface area contributed by atoms with Gasteiger partial charge in [-0.1, -0.05) is 68.0 Å². The van der Waals surface area contributed by atoms with Gasteiger partial charge in [-0.15, -0.1) is 0 Å². The third-order valence-corrected chi connectivity index (χ3v) is 5.73. The van der Waals surface area contributed by atoms with Crippen LogP contribution in [0.3, 0.4) is 0 Å². The molecule has 2 aliphatic rings. The Morgan fingerprint density at radius 3 is 2.56 bits per heavy atom. The first kappa shape index (κ1) is 15.9. The zero-order valence-electron chi connectivity index (χ0n) is 15.0. The van der Waals surface area contributed by atoms with Gasteiger partial charge in [-0.05, 0) is 30.2 Å². The molecule has 0 aliphatic carbocycles. The fourth-order valence-electron chi connectivity index (χ4n) is 4.21. The fourth-order valence-corrected chi connectivity index (χ4v) is 4.21. The molecule has 4 rings (SSSR count). The summed E-state index contributed by atoms with van der Waals surface area (Å²) in [5, 5.41) is 3.31. The van der Waals surface area contributed by atoms with Gasteiger partial charge in [-0.2, -0.15) is 0 Å². The Kier molecular flexibility index (Phi) is 3.50. The van der Waals surface area contributed by atoms with E-state index in [0.717, 1.165) is 12.1 Å². The highest BCUT2D eigenvalue weighted by Gasteiger charge is 2.57. The Balaban J connectivity index is 1.83. The number of amides is 1. The predicted octanol–water partition coefficient (Wildman–Crippen LogP) is 4.02. The number of rotatable bonds is 2. The van der Waals surface area contributed by atoms with Gasteiger partial charge in [0.2, 0.25) is 5.91 Å². The van der Waals surface area contributed by atoms with Crippen LogP contribution in [0.4, 0.5) is 5.69 Å². The predicted molar refractivity (Wildman–Crippen MR) is 103 cm³/mol. The number of fused-ring (bicyclic) bond motifs is 3. The van der Waals surface area contributed by atoms with E-state index in [4.69, 9.17) is 0 Å². The molecular formula is C22H24N2O. The maximum atomic E-state index is 12.3. The molecule has 128 valence electrons. The molecule has 0 aromatic heterocycles. The number of hydrogen-bond acceptors (Lipinski definition) is 2. The zero-order valence-corrected chi connectivity index (χ0v) is 15.0. The summed E-state index contributed by atoms with van der Waals surface area (Å²) in [5.74, 6) is 0.116. The summed E-state index contributed by atoms with van der Waals surface area (Å²) in [6.07, 6.45) is 4.84. The molecule has 2 aromatic rings. The minimum Gasteiger partial charge on any atom is -0.344 e. The van der Waals surface area contributed by atoms with Crippen LogP contribution in [0.1, 0.15) is 37.0 Å². The van der Waals surface area contributed by atoms with Crippen molar-refractivity contribution in [1.29, 1.82) is 0 Å². The number of benzene rings is 2. The minimum absolute atomic E-state index is 0.116. The van der Waals surface area contributed by atoms with E-state index in [2.05, 4.69) is 91.7 Å². The van der Waals surface area contributed by atoms with Crippen LogP contribution in [0.2, 0.25) is 0 Å². The minimum atomic E-state index is -0.531. The summed E-state index contributed by atoms with van der Waals surface area (Å²) in [4.78, 5) is 14.7. The number of carbonyl (C=O) groups is 1. The molecule has 3 heteroatoms. The van der Waals surface area contributed by atoms with E-state index in [9.17, 15) is 4.79 Å². The van der Waals surface area contributed by atoms with Gasteiger partial charge in [0.25, 0.3) is 0 Å². The van der Waals surface area contributed by atoms with Crippen LogP contribution in [0.15, 0.2) is 54.6 Å². The molecule has 1 atom stereocenters. The number of nitrogens with zero attached hydrogens (tertiary/aromatic N) is 1. The van der Waals surface area contributed by atoms with E-state index in [1.807, 2.05) is 0 Å². The number of nitrogens with one attached hydrogen (secondary N) is 1. The van der Waals surface area contributed by atoms with E-state index in [0.29, 0.717) is 6.42 Å². The van der Waals surface area contributed by atoms with Gasteiger partial charge >= 0.3 is 0 Å². The first-order valence-corrected chi connectivity index (χ1v) is 8.88. The fraction of sp³-hybridized carbons (Fsp3) is 0.318. The second kappa shape index (κ2) is 5.48. The largest absolute Gasteiger partial charge is 0.344 e. The molecule has 0 unspecified atom stereocenters.